The summed E-state index contributed by atoms with van der Waals surface area (Å²) >= 11 is 7.29. The van der Waals surface area contributed by atoms with Gasteiger partial charge in [-0.1, -0.05) is 0 Å². The van der Waals surface area contributed by atoms with Gasteiger partial charge in [-0.3, -0.25) is 0 Å². The molecule has 0 aliphatic rings. The molecule has 0 saturated heterocycles. The van der Waals surface area contributed by atoms with Crippen molar-refractivity contribution in [3.05, 3.63) is 67.0 Å². The summed E-state index contributed by atoms with van der Waals surface area (Å²) in [6, 6.07) is 13.3. The Morgan fingerprint density at radius 1 is 0.656 bits per heavy atom. The second-order valence-electron chi connectivity index (χ2n) is 9.43. The monoisotopic (exact) mass is 498 g/mol. The Balaban J connectivity index is 1.56. The average molecular weight is 499 g/mol. The number of rotatable bonds is 6. The van der Waals surface area contributed by atoms with Crippen molar-refractivity contribution in [3.63, 3.8) is 0 Å². The number of hydrogen-bond donors (Lipinski definition) is 2. The molecule has 2 nitrogen and oxygen atoms in total. The van der Waals surface area contributed by atoms with E-state index < -0.39 is 0 Å². The molecule has 0 saturated carbocycles. The van der Waals surface area contributed by atoms with Crippen LogP contribution in [-0.4, -0.2) is 0 Å². The summed E-state index contributed by atoms with van der Waals surface area (Å²) in [6.07, 6.45) is 4.44. The van der Waals surface area contributed by atoms with Crippen molar-refractivity contribution in [2.45, 2.75) is 52.6 Å². The van der Waals surface area contributed by atoms with E-state index in [0.717, 1.165) is 0 Å². The third kappa shape index (κ3) is 5.01. The van der Waals surface area contributed by atoms with E-state index in [2.05, 4.69) is 90.1 Å². The predicted molar refractivity (Wildman–Crippen MR) is 148 cm³/mol. The maximum atomic E-state index is 6.32. The molecule has 168 valence electrons. The van der Waals surface area contributed by atoms with Crippen molar-refractivity contribution in [2.75, 3.05) is 0 Å². The molecule has 0 radical (unpaired) electrons. The van der Waals surface area contributed by atoms with Gasteiger partial charge in [-0.05, 0) is 101 Å². The summed E-state index contributed by atoms with van der Waals surface area (Å²) in [6.45, 7) is 12.6. The van der Waals surface area contributed by atoms with Crippen LogP contribution in [0.2, 0.25) is 0 Å². The molecule has 6 heteroatoms. The van der Waals surface area contributed by atoms with Crippen molar-refractivity contribution < 1.29 is 0 Å². The van der Waals surface area contributed by atoms with Gasteiger partial charge in [0, 0.05) is 50.1 Å². The average Bonchev–Trinajstić information content (AvgIpc) is 3.44. The minimum atomic E-state index is -0.298. The van der Waals surface area contributed by atoms with Crippen molar-refractivity contribution in [2.24, 2.45) is 11.5 Å². The molecule has 0 aromatic carbocycles. The molecule has 0 unspecified atom stereocenters. The number of thiophene rings is 4. The van der Waals surface area contributed by atoms with Crippen LogP contribution in [0.25, 0.3) is 31.7 Å². The van der Waals surface area contributed by atoms with Crippen LogP contribution in [0.3, 0.4) is 0 Å². The fourth-order valence-corrected chi connectivity index (χ4v) is 8.09. The Morgan fingerprint density at radius 2 is 1.22 bits per heavy atom. The van der Waals surface area contributed by atoms with E-state index in [1.807, 2.05) is 22.7 Å². The van der Waals surface area contributed by atoms with Crippen LogP contribution >= 0.6 is 45.3 Å². The highest BCUT2D eigenvalue weighted by Gasteiger charge is 2.20. The van der Waals surface area contributed by atoms with Crippen LogP contribution in [-0.2, 0) is 11.1 Å². The van der Waals surface area contributed by atoms with Crippen molar-refractivity contribution in [1.82, 2.24) is 0 Å². The highest BCUT2D eigenvalue weighted by atomic mass is 32.1. The van der Waals surface area contributed by atoms with Gasteiger partial charge in [0.15, 0.2) is 0 Å². The van der Waals surface area contributed by atoms with Gasteiger partial charge in [-0.2, -0.15) is 0 Å². The van der Waals surface area contributed by atoms with Gasteiger partial charge in [-0.15, -0.1) is 45.3 Å². The maximum absolute atomic E-state index is 6.32. The molecule has 4 heterocycles. The molecule has 0 aliphatic carbocycles. The Morgan fingerprint density at radius 3 is 1.81 bits per heavy atom. The van der Waals surface area contributed by atoms with E-state index >= 15 is 0 Å². The zero-order valence-electron chi connectivity index (χ0n) is 19.4. The molecule has 0 fully saturated rings. The van der Waals surface area contributed by atoms with E-state index in [1.54, 1.807) is 22.7 Å². The second kappa shape index (κ2) is 8.67. The van der Waals surface area contributed by atoms with Gasteiger partial charge in [0.05, 0.1) is 0 Å². The van der Waals surface area contributed by atoms with Crippen LogP contribution in [0.4, 0.5) is 0 Å². The SMILES string of the molecule is Cc1cc(C=Cc2cc(C)c(C(C)(C)N)s2)sc1-c1ccc(-c2ccc(C(C)(C)N)s2)s1. The van der Waals surface area contributed by atoms with Crippen molar-refractivity contribution in [1.29, 1.82) is 0 Å². The van der Waals surface area contributed by atoms with E-state index in [9.17, 15) is 0 Å². The number of hydrogen-bond acceptors (Lipinski definition) is 6. The van der Waals surface area contributed by atoms with Crippen LogP contribution < -0.4 is 11.5 Å². The molecule has 0 aliphatic heterocycles. The minimum absolute atomic E-state index is 0.295. The lowest BCUT2D eigenvalue weighted by atomic mass is 10.0. The summed E-state index contributed by atoms with van der Waals surface area (Å²) < 4.78 is 0. The van der Waals surface area contributed by atoms with Crippen LogP contribution in [0, 0.1) is 13.8 Å². The molecule has 4 rings (SSSR count). The van der Waals surface area contributed by atoms with Gasteiger partial charge in [-0.25, -0.2) is 0 Å². The first-order chi connectivity index (χ1) is 14.9. The Bertz CT molecular complexity index is 1270. The van der Waals surface area contributed by atoms with Gasteiger partial charge in [0.25, 0.3) is 0 Å². The summed E-state index contributed by atoms with van der Waals surface area (Å²) in [5.74, 6) is 0. The lowest BCUT2D eigenvalue weighted by molar-refractivity contribution is 0.564. The topological polar surface area (TPSA) is 52.0 Å². The molecule has 4 N–H and O–H groups in total. The predicted octanol–water partition coefficient (Wildman–Crippen LogP) is 8.44. The summed E-state index contributed by atoms with van der Waals surface area (Å²) in [7, 11) is 0. The lowest BCUT2D eigenvalue weighted by Gasteiger charge is -2.17. The van der Waals surface area contributed by atoms with E-state index in [-0.39, 0.29) is 11.1 Å². The highest BCUT2D eigenvalue weighted by molar-refractivity contribution is 7.26. The van der Waals surface area contributed by atoms with Crippen LogP contribution in [0.1, 0.15) is 58.3 Å². The first-order valence-electron chi connectivity index (χ1n) is 10.6. The molecule has 32 heavy (non-hydrogen) atoms. The molecule has 4 aromatic rings. The van der Waals surface area contributed by atoms with Gasteiger partial charge in [0.1, 0.15) is 0 Å². The Hall–Kier alpha value is -1.54. The van der Waals surface area contributed by atoms with Crippen LogP contribution in [0.15, 0.2) is 36.4 Å². The molecule has 0 atom stereocenters. The third-order valence-electron chi connectivity index (χ3n) is 5.18. The molecule has 0 amide bonds. The second-order valence-corrected chi connectivity index (χ2v) is 13.8. The Kier molecular flexibility index (Phi) is 6.40. The zero-order valence-corrected chi connectivity index (χ0v) is 22.7. The fraction of sp³-hybridized carbons (Fsp3) is 0.308. The van der Waals surface area contributed by atoms with Crippen molar-refractivity contribution in [3.8, 4) is 19.5 Å². The molecule has 4 aromatic heterocycles. The summed E-state index contributed by atoms with van der Waals surface area (Å²) in [5.41, 5.74) is 14.6. The molecule has 0 bridgehead atoms. The molecular formula is C26H30N2S4. The standard InChI is InChI=1S/C26H30N2S4/c1-15-13-17(7-8-18-14-16(2)24(30-18)26(5,6)28)29-23(15)21-10-9-19(31-21)20-11-12-22(32-20)25(3,4)27/h7-14H,27-28H2,1-6H3. The largest absolute Gasteiger partial charge is 0.321 e. The zero-order chi connectivity index (χ0) is 23.3. The molecule has 0 spiro atoms. The minimum Gasteiger partial charge on any atom is -0.321 e. The first kappa shape index (κ1) is 23.6. The smallest absolute Gasteiger partial charge is 0.0478 e. The van der Waals surface area contributed by atoms with Crippen molar-refractivity contribution >= 4 is 57.5 Å². The van der Waals surface area contributed by atoms with Crippen LogP contribution in [0.5, 0.6) is 0 Å². The fourth-order valence-electron chi connectivity index (χ4n) is 3.64. The normalized spacial score (nSPS) is 12.9. The van der Waals surface area contributed by atoms with E-state index in [4.69, 9.17) is 11.5 Å². The Labute approximate surface area is 207 Å². The summed E-state index contributed by atoms with van der Waals surface area (Å²) in [4.78, 5) is 10.3. The van der Waals surface area contributed by atoms with Gasteiger partial charge in [0.2, 0.25) is 0 Å². The third-order valence-corrected chi connectivity index (χ3v) is 10.8. The van der Waals surface area contributed by atoms with E-state index in [0.29, 0.717) is 0 Å². The quantitative estimate of drug-likeness (QED) is 0.280. The highest BCUT2D eigenvalue weighted by Crippen LogP contribution is 2.43. The summed E-state index contributed by atoms with van der Waals surface area (Å²) in [5, 5.41) is 0. The van der Waals surface area contributed by atoms with E-state index in [1.165, 1.54) is 50.1 Å². The molecular weight excluding hydrogens is 469 g/mol. The first-order valence-corrected chi connectivity index (χ1v) is 13.9. The lowest BCUT2D eigenvalue weighted by Crippen LogP contribution is -2.28. The van der Waals surface area contributed by atoms with Gasteiger partial charge < -0.3 is 11.5 Å². The maximum Gasteiger partial charge on any atom is 0.0478 e. The number of aryl methyl sites for hydroxylation is 2. The number of nitrogens with two attached hydrogens (primary N) is 2. The van der Waals surface area contributed by atoms with Gasteiger partial charge >= 0.3 is 0 Å².